The zero-order valence-corrected chi connectivity index (χ0v) is 19.0. The van der Waals surface area contributed by atoms with Gasteiger partial charge in [-0.25, -0.2) is 0 Å². The van der Waals surface area contributed by atoms with Crippen molar-refractivity contribution in [2.45, 2.75) is 7.43 Å². The van der Waals surface area contributed by atoms with Gasteiger partial charge >= 0.3 is 48.5 Å². The van der Waals surface area contributed by atoms with Crippen LogP contribution >= 0.6 is 24.4 Å². The second-order valence-corrected chi connectivity index (χ2v) is 4.38. The molecule has 0 spiro atoms. The van der Waals surface area contributed by atoms with E-state index in [0.717, 1.165) is 0 Å². The van der Waals surface area contributed by atoms with E-state index >= 15 is 0 Å². The Bertz CT molecular complexity index is 172. The average Bonchev–Trinajstić information content (AvgIpc) is 2.24. The first-order valence-corrected chi connectivity index (χ1v) is 8.10. The fourth-order valence-corrected chi connectivity index (χ4v) is 0. The molecule has 0 aromatic carbocycles. The molecule has 0 saturated carbocycles. The van der Waals surface area contributed by atoms with Gasteiger partial charge in [0.05, 0.1) is 0 Å². The van der Waals surface area contributed by atoms with Crippen molar-refractivity contribution in [3.05, 3.63) is 14.9 Å². The zero-order valence-electron chi connectivity index (χ0n) is 11.8. The van der Waals surface area contributed by atoms with Gasteiger partial charge in [0.25, 0.3) is 0 Å². The van der Waals surface area contributed by atoms with Gasteiger partial charge in [-0.3, -0.25) is 0 Å². The van der Waals surface area contributed by atoms with E-state index < -0.39 is 0 Å². The molecule has 0 atom stereocenters. The van der Waals surface area contributed by atoms with E-state index in [0.29, 0.717) is 8.64 Å². The Kier molecular flexibility index (Phi) is 82.2. The molecule has 0 fully saturated rings. The van der Waals surface area contributed by atoms with Crippen LogP contribution in [0.5, 0.6) is 0 Å². The molecule has 0 aliphatic heterocycles. The second kappa shape index (κ2) is 36.6. The molecule has 0 aliphatic carbocycles. The van der Waals surface area contributed by atoms with Crippen molar-refractivity contribution in [2.24, 2.45) is 0 Å². The quantitative estimate of drug-likeness (QED) is 0.214. The van der Waals surface area contributed by atoms with E-state index in [4.69, 9.17) is 0 Å². The van der Waals surface area contributed by atoms with Crippen LogP contribution in [-0.2, 0) is 64.0 Å². The molecule has 19 heavy (non-hydrogen) atoms. The van der Waals surface area contributed by atoms with Crippen molar-refractivity contribution in [1.29, 1.82) is 0 Å². The summed E-state index contributed by atoms with van der Waals surface area (Å²) in [7, 11) is 7.31. The molecule has 2 nitrogen and oxygen atoms in total. The molecule has 0 aromatic heterocycles. The van der Waals surface area contributed by atoms with Gasteiger partial charge < -0.3 is 74.3 Å². The maximum Gasteiger partial charge on any atom is -0.358 e. The summed E-state index contributed by atoms with van der Waals surface area (Å²) in [4.78, 5) is 9.95. The van der Waals surface area contributed by atoms with Crippen molar-refractivity contribution in [3.8, 4) is 0 Å². The summed E-state index contributed by atoms with van der Waals surface area (Å²) in [5, 5.41) is 0. The first-order valence-electron chi connectivity index (χ1n) is 3.63. The van der Waals surface area contributed by atoms with Crippen LogP contribution in [0.3, 0.4) is 0 Å². The Balaban J connectivity index is -0.0000000213. The SMILES string of the molecule is C.CN(C)C(=S)[S-].CN(C)C(=S)[S-].[CH2]=[Mo].[CH2]=[Mo].[CH3-].[CH3-]. The van der Waals surface area contributed by atoms with Crippen LogP contribution in [0.1, 0.15) is 7.43 Å². The second-order valence-electron chi connectivity index (χ2n) is 2.32. The van der Waals surface area contributed by atoms with Crippen molar-refractivity contribution < 1.29 is 38.7 Å². The predicted octanol–water partition coefficient (Wildman–Crippen LogP) is 2.23. The minimum atomic E-state index is 0. The summed E-state index contributed by atoms with van der Waals surface area (Å²) in [6.07, 6.45) is 0. The molecule has 120 valence electrons. The molecular weight excluding hydrogens is 480 g/mol. The minimum absolute atomic E-state index is 0. The fourth-order valence-electron chi connectivity index (χ4n) is 0. The summed E-state index contributed by atoms with van der Waals surface area (Å²) in [6.45, 7) is 0. The average molecular weight is 506 g/mol. The third-order valence-corrected chi connectivity index (χ3v) is 2.19. The van der Waals surface area contributed by atoms with Gasteiger partial charge in [-0.05, 0) is 0 Å². The molecule has 0 radical (unpaired) electrons. The number of hydrogen-bond acceptors (Lipinski definition) is 4. The Morgan fingerprint density at radius 2 is 0.842 bits per heavy atom. The monoisotopic (exact) mass is 510 g/mol. The van der Waals surface area contributed by atoms with Crippen LogP contribution in [0.15, 0.2) is 0 Å². The molecule has 0 heterocycles. The Morgan fingerprint density at radius 3 is 0.842 bits per heavy atom. The van der Waals surface area contributed by atoms with E-state index in [2.05, 4.69) is 59.5 Å². The maximum absolute atomic E-state index is 4.56. The van der Waals surface area contributed by atoms with Crippen LogP contribution in [0.2, 0.25) is 0 Å². The van der Waals surface area contributed by atoms with Gasteiger partial charge in [0, 0.05) is 28.2 Å². The van der Waals surface area contributed by atoms with Crippen molar-refractivity contribution >= 4 is 68.1 Å². The van der Waals surface area contributed by atoms with Gasteiger partial charge in [0.15, 0.2) is 0 Å². The zero-order chi connectivity index (χ0) is 14.3. The molecule has 0 bridgehead atoms. The summed E-state index contributed by atoms with van der Waals surface area (Å²) < 4.78 is 1.02. The Labute approximate surface area is 165 Å². The smallest absolute Gasteiger partial charge is 0.358 e. The van der Waals surface area contributed by atoms with Gasteiger partial charge in [-0.1, -0.05) is 16.1 Å². The Hall–Kier alpha value is 1.34. The molecule has 0 aliphatic rings. The molecule has 0 amide bonds. The summed E-state index contributed by atoms with van der Waals surface area (Å²) >= 11 is 21.6. The summed E-state index contributed by atoms with van der Waals surface area (Å²) in [5.74, 6) is 0. The van der Waals surface area contributed by atoms with Crippen molar-refractivity contribution in [2.75, 3.05) is 28.2 Å². The molecule has 0 N–H and O–H groups in total. The van der Waals surface area contributed by atoms with E-state index in [-0.39, 0.29) is 22.3 Å². The van der Waals surface area contributed by atoms with Crippen LogP contribution in [0.25, 0.3) is 0 Å². The molecule has 0 aromatic rings. The molecule has 0 unspecified atom stereocenters. The summed E-state index contributed by atoms with van der Waals surface area (Å²) in [6, 6.07) is 0. The van der Waals surface area contributed by atoms with E-state index in [9.17, 15) is 0 Å². The largest absolute Gasteiger partial charge is 0.358 e. The van der Waals surface area contributed by atoms with Gasteiger partial charge in [-0.2, -0.15) is 0 Å². The predicted molar refractivity (Wildman–Crippen MR) is 101 cm³/mol. The summed E-state index contributed by atoms with van der Waals surface area (Å²) in [5.41, 5.74) is 0. The molecular formula is C11H26Mo2N2S4-4. The molecule has 0 rings (SSSR count). The van der Waals surface area contributed by atoms with Crippen LogP contribution < -0.4 is 0 Å². The first kappa shape index (κ1) is 42.8. The normalized spacial score (nSPS) is 5.26. The van der Waals surface area contributed by atoms with E-state index in [1.54, 1.807) is 48.5 Å². The standard InChI is InChI=1S/2C3H7NS2.CH4.2CH3.2CH2.2Mo/c2*1-4(2)3(5)6;;;;;;;/h2*1-2H3,(H,5,6);1H4;2*1H3;2*1H2;;/q;;;2*-1;;;;/p-2. The third-order valence-electron chi connectivity index (χ3n) is 0.730. The molecule has 8 heteroatoms. The maximum atomic E-state index is 4.56. The van der Waals surface area contributed by atoms with Gasteiger partial charge in [0.2, 0.25) is 0 Å². The van der Waals surface area contributed by atoms with Gasteiger partial charge in [-0.15, -0.1) is 0 Å². The van der Waals surface area contributed by atoms with Crippen LogP contribution in [-0.4, -0.2) is 56.4 Å². The van der Waals surface area contributed by atoms with Gasteiger partial charge in [0.1, 0.15) is 0 Å². The Morgan fingerprint density at radius 1 is 0.789 bits per heavy atom. The van der Waals surface area contributed by atoms with Crippen LogP contribution in [0, 0.1) is 14.9 Å². The topological polar surface area (TPSA) is 6.48 Å². The van der Waals surface area contributed by atoms with Crippen molar-refractivity contribution in [3.63, 3.8) is 0 Å². The number of hydrogen-bond donors (Lipinski definition) is 0. The van der Waals surface area contributed by atoms with Crippen molar-refractivity contribution in [1.82, 2.24) is 9.80 Å². The number of nitrogens with zero attached hydrogens (tertiary/aromatic N) is 2. The van der Waals surface area contributed by atoms with E-state index in [1.165, 1.54) is 0 Å². The first-order chi connectivity index (χ1) is 7.29. The minimum Gasteiger partial charge on any atom is -0.358 e. The number of rotatable bonds is 0. The molecule has 0 saturated heterocycles. The fraction of sp³-hybridized carbons (Fsp3) is 0.455. The number of thiocarbonyl (C=S) groups is 2. The van der Waals surface area contributed by atoms with Crippen LogP contribution in [0.4, 0.5) is 0 Å². The van der Waals surface area contributed by atoms with E-state index in [1.807, 2.05) is 28.2 Å². The third kappa shape index (κ3) is 66.7.